The van der Waals surface area contributed by atoms with Gasteiger partial charge in [-0.15, -0.1) is 0 Å². The van der Waals surface area contributed by atoms with Crippen molar-refractivity contribution in [3.8, 4) is 0 Å². The molecule has 0 saturated heterocycles. The average Bonchev–Trinajstić information content (AvgIpc) is 2.83. The van der Waals surface area contributed by atoms with Crippen LogP contribution in [0.15, 0.2) is 28.7 Å². The first-order chi connectivity index (χ1) is 9.33. The van der Waals surface area contributed by atoms with Gasteiger partial charge in [0, 0.05) is 11.8 Å². The van der Waals surface area contributed by atoms with Gasteiger partial charge in [0.2, 0.25) is 5.58 Å². The second kappa shape index (κ2) is 4.95. The third-order valence-electron chi connectivity index (χ3n) is 3.08. The quantitative estimate of drug-likeness (QED) is 0.735. The van der Waals surface area contributed by atoms with Crippen LogP contribution in [0.1, 0.15) is 12.7 Å². The van der Waals surface area contributed by atoms with E-state index >= 15 is 0 Å². The van der Waals surface area contributed by atoms with Crippen molar-refractivity contribution in [1.29, 1.82) is 0 Å². The van der Waals surface area contributed by atoms with Gasteiger partial charge >= 0.3 is 0 Å². The van der Waals surface area contributed by atoms with Crippen molar-refractivity contribution < 1.29 is 14.8 Å². The Labute approximate surface area is 110 Å². The highest BCUT2D eigenvalue weighted by atomic mass is 16.3. The number of rotatable bonds is 4. The third kappa shape index (κ3) is 2.07. The molecule has 0 aliphatic rings. The highest BCUT2D eigenvalue weighted by molar-refractivity contribution is 6.04. The summed E-state index contributed by atoms with van der Waals surface area (Å²) in [5, 5.41) is 11.9. The fourth-order valence-corrected chi connectivity index (χ4v) is 2.16. The van der Waals surface area contributed by atoms with E-state index in [0.717, 1.165) is 34.5 Å². The molecule has 0 amide bonds. The lowest BCUT2D eigenvalue weighted by atomic mass is 10.2. The van der Waals surface area contributed by atoms with Gasteiger partial charge in [-0.1, -0.05) is 19.1 Å². The fourth-order valence-electron chi connectivity index (χ4n) is 2.16. The van der Waals surface area contributed by atoms with E-state index < -0.39 is 0 Å². The first kappa shape index (κ1) is 12.1. The van der Waals surface area contributed by atoms with Gasteiger partial charge in [0.05, 0.1) is 6.61 Å². The van der Waals surface area contributed by atoms with Crippen LogP contribution in [0.4, 0.5) is 5.82 Å². The summed E-state index contributed by atoms with van der Waals surface area (Å²) < 4.78 is 5.84. The van der Waals surface area contributed by atoms with Crippen molar-refractivity contribution in [1.82, 2.24) is 9.97 Å². The Bertz CT molecular complexity index is 721. The molecule has 0 fully saturated rings. The molecule has 98 valence electrons. The normalized spacial score (nSPS) is 11.5. The molecule has 5 heteroatoms. The van der Waals surface area contributed by atoms with E-state index in [0.29, 0.717) is 12.1 Å². The topological polar surface area (TPSA) is 75.8 Å². The second-order valence-electron chi connectivity index (χ2n) is 4.37. The minimum atomic E-state index is 0.104. The Morgan fingerprint density at radius 2 is 2.11 bits per heavy atom. The molecule has 0 saturated carbocycles. The lowest BCUT2D eigenvalue weighted by Gasteiger charge is -2.01. The van der Waals surface area contributed by atoms with Gasteiger partial charge < -0.3 is 9.52 Å². The molecule has 0 unspecified atom stereocenters. The van der Waals surface area contributed by atoms with E-state index in [2.05, 4.69) is 9.97 Å². The van der Waals surface area contributed by atoms with Gasteiger partial charge in [-0.05, 0) is 12.1 Å². The smallest absolute Gasteiger partial charge is 0.272 e. The minimum Gasteiger partial charge on any atom is -0.446 e. The summed E-state index contributed by atoms with van der Waals surface area (Å²) in [4.78, 5) is 9.04. The summed E-state index contributed by atoms with van der Waals surface area (Å²) in [6, 6.07) is 7.85. The molecule has 0 spiro atoms. The summed E-state index contributed by atoms with van der Waals surface area (Å²) in [5.74, 6) is 1.57. The van der Waals surface area contributed by atoms with Crippen molar-refractivity contribution in [2.75, 3.05) is 13.2 Å². The maximum Gasteiger partial charge on any atom is 0.272 e. The minimum absolute atomic E-state index is 0.104. The number of quaternary nitrogens is 1. The average molecular weight is 258 g/mol. The van der Waals surface area contributed by atoms with Gasteiger partial charge in [0.1, 0.15) is 23.5 Å². The molecule has 2 heterocycles. The molecule has 5 nitrogen and oxygen atoms in total. The molecule has 2 aromatic heterocycles. The zero-order chi connectivity index (χ0) is 13.2. The number of hydrogen-bond acceptors (Lipinski definition) is 4. The zero-order valence-corrected chi connectivity index (χ0v) is 10.8. The molecule has 0 atom stereocenters. The number of aliphatic hydroxyl groups excluding tert-OH is 1. The van der Waals surface area contributed by atoms with Crippen LogP contribution in [0.5, 0.6) is 0 Å². The Balaban J connectivity index is 2.28. The van der Waals surface area contributed by atoms with E-state index in [1.165, 1.54) is 0 Å². The van der Waals surface area contributed by atoms with Crippen molar-refractivity contribution in [2.24, 2.45) is 0 Å². The molecule has 0 aliphatic carbocycles. The van der Waals surface area contributed by atoms with Gasteiger partial charge in [0.15, 0.2) is 0 Å². The van der Waals surface area contributed by atoms with Crippen LogP contribution in [0.2, 0.25) is 0 Å². The molecule has 0 bridgehead atoms. The van der Waals surface area contributed by atoms with Gasteiger partial charge in [-0.25, -0.2) is 4.98 Å². The molecule has 1 aromatic carbocycles. The van der Waals surface area contributed by atoms with E-state index in [-0.39, 0.29) is 6.61 Å². The summed E-state index contributed by atoms with van der Waals surface area (Å²) in [7, 11) is 0. The standard InChI is InChI=1S/C14H15N3O2/c1-2-11-16-12-9-5-3-4-6-10(9)19-13(12)14(17-11)15-7-8-18/h3-6,18H,2,7-8H2,1H3,(H,15,16,17)/p+1. The number of aliphatic hydroxyl groups is 1. The SMILES string of the molecule is CCc1nc([NH2+]CCO)c2oc3ccccc3c2n1. The van der Waals surface area contributed by atoms with Crippen molar-refractivity contribution in [3.63, 3.8) is 0 Å². The number of fused-ring (bicyclic) bond motifs is 3. The Kier molecular flexibility index (Phi) is 3.15. The maximum absolute atomic E-state index is 8.96. The number of furan rings is 1. The number of para-hydroxylation sites is 1. The van der Waals surface area contributed by atoms with Crippen LogP contribution in [0, 0.1) is 0 Å². The summed E-state index contributed by atoms with van der Waals surface area (Å²) in [6.07, 6.45) is 0.773. The monoisotopic (exact) mass is 258 g/mol. The predicted molar refractivity (Wildman–Crippen MR) is 72.2 cm³/mol. The highest BCUT2D eigenvalue weighted by Crippen LogP contribution is 2.29. The number of benzene rings is 1. The number of nitrogens with zero attached hydrogens (tertiary/aromatic N) is 2. The van der Waals surface area contributed by atoms with E-state index in [4.69, 9.17) is 9.52 Å². The zero-order valence-electron chi connectivity index (χ0n) is 10.8. The molecule has 0 aliphatic heterocycles. The van der Waals surface area contributed by atoms with Crippen LogP contribution in [0.3, 0.4) is 0 Å². The third-order valence-corrected chi connectivity index (χ3v) is 3.08. The predicted octanol–water partition coefficient (Wildman–Crippen LogP) is 1.13. The second-order valence-corrected chi connectivity index (χ2v) is 4.37. The lowest BCUT2D eigenvalue weighted by Crippen LogP contribution is -2.79. The molecule has 3 rings (SSSR count). The first-order valence-corrected chi connectivity index (χ1v) is 6.45. The number of hydrogen-bond donors (Lipinski definition) is 2. The number of aryl methyl sites for hydroxylation is 1. The Hall–Kier alpha value is -1.98. The van der Waals surface area contributed by atoms with Crippen LogP contribution >= 0.6 is 0 Å². The van der Waals surface area contributed by atoms with E-state index in [9.17, 15) is 0 Å². The van der Waals surface area contributed by atoms with E-state index in [1.807, 2.05) is 36.5 Å². The molecule has 0 radical (unpaired) electrons. The van der Waals surface area contributed by atoms with Crippen molar-refractivity contribution in [3.05, 3.63) is 30.1 Å². The molecule has 19 heavy (non-hydrogen) atoms. The molecular formula is C14H16N3O2+. The van der Waals surface area contributed by atoms with E-state index in [1.54, 1.807) is 0 Å². The lowest BCUT2D eigenvalue weighted by molar-refractivity contribution is -0.575. The summed E-state index contributed by atoms with van der Waals surface area (Å²) >= 11 is 0. The van der Waals surface area contributed by atoms with Crippen molar-refractivity contribution >= 4 is 27.9 Å². The van der Waals surface area contributed by atoms with Gasteiger partial charge in [0.25, 0.3) is 5.82 Å². The highest BCUT2D eigenvalue weighted by Gasteiger charge is 2.17. The maximum atomic E-state index is 8.96. The number of nitrogens with two attached hydrogens (primary N) is 1. The summed E-state index contributed by atoms with van der Waals surface area (Å²) in [5.41, 5.74) is 2.37. The Morgan fingerprint density at radius 3 is 2.89 bits per heavy atom. The number of aromatic nitrogens is 2. The van der Waals surface area contributed by atoms with Crippen LogP contribution in [-0.4, -0.2) is 28.2 Å². The molecule has 3 aromatic rings. The van der Waals surface area contributed by atoms with Crippen LogP contribution in [0.25, 0.3) is 22.1 Å². The van der Waals surface area contributed by atoms with Crippen LogP contribution in [-0.2, 0) is 6.42 Å². The van der Waals surface area contributed by atoms with Crippen molar-refractivity contribution in [2.45, 2.75) is 13.3 Å². The molecule has 3 N–H and O–H groups in total. The summed E-state index contributed by atoms with van der Waals surface area (Å²) in [6.45, 7) is 2.69. The molecular weight excluding hydrogens is 242 g/mol. The largest absolute Gasteiger partial charge is 0.446 e. The first-order valence-electron chi connectivity index (χ1n) is 6.45. The Morgan fingerprint density at radius 1 is 1.26 bits per heavy atom. The van der Waals surface area contributed by atoms with Crippen LogP contribution < -0.4 is 5.32 Å². The van der Waals surface area contributed by atoms with Gasteiger partial charge in [-0.3, -0.25) is 5.32 Å². The van der Waals surface area contributed by atoms with Gasteiger partial charge in [-0.2, -0.15) is 4.98 Å². The fraction of sp³-hybridized carbons (Fsp3) is 0.286.